The molecule has 0 radical (unpaired) electrons. The fourth-order valence-electron chi connectivity index (χ4n) is 4.04. The number of aryl methyl sites for hydroxylation is 3. The smallest absolute Gasteiger partial charge is 0.267 e. The van der Waals surface area contributed by atoms with Crippen LogP contribution in [-0.2, 0) is 6.61 Å². The van der Waals surface area contributed by atoms with Crippen LogP contribution in [0.15, 0.2) is 77.7 Å². The lowest BCUT2D eigenvalue weighted by molar-refractivity contribution is 0.308. The van der Waals surface area contributed by atoms with Crippen molar-refractivity contribution in [3.8, 4) is 22.7 Å². The molecule has 6 nitrogen and oxygen atoms in total. The Morgan fingerprint density at radius 2 is 1.76 bits per heavy atom. The second kappa shape index (κ2) is 8.80. The fraction of sp³-hybridized carbons (Fsp3) is 0.148. The van der Waals surface area contributed by atoms with Crippen LogP contribution in [0.5, 0.6) is 5.75 Å². The van der Waals surface area contributed by atoms with Crippen molar-refractivity contribution in [3.05, 3.63) is 111 Å². The maximum atomic E-state index is 13.6. The maximum absolute atomic E-state index is 13.6. The van der Waals surface area contributed by atoms with Gasteiger partial charge in [0.2, 0.25) is 0 Å². The van der Waals surface area contributed by atoms with Crippen molar-refractivity contribution in [2.24, 2.45) is 0 Å². The lowest BCUT2D eigenvalue weighted by Gasteiger charge is -2.12. The summed E-state index contributed by atoms with van der Waals surface area (Å²) >= 11 is 6.22. The highest BCUT2D eigenvalue weighted by molar-refractivity contribution is 6.30. The molecule has 0 saturated carbocycles. The van der Waals surface area contributed by atoms with E-state index in [4.69, 9.17) is 26.4 Å². The number of aromatic nitrogens is 4. The first-order chi connectivity index (χ1) is 16.4. The van der Waals surface area contributed by atoms with Crippen LogP contribution in [0.3, 0.4) is 0 Å². The van der Waals surface area contributed by atoms with Gasteiger partial charge in [-0.3, -0.25) is 9.20 Å². The summed E-state index contributed by atoms with van der Waals surface area (Å²) in [6, 6.07) is 21.1. The first-order valence-corrected chi connectivity index (χ1v) is 11.3. The molecule has 7 heteroatoms. The number of nitrogens with zero attached hydrogens (tertiary/aromatic N) is 4. The predicted octanol–water partition coefficient (Wildman–Crippen LogP) is 5.70. The third kappa shape index (κ3) is 3.97. The highest BCUT2D eigenvalue weighted by Crippen LogP contribution is 2.26. The van der Waals surface area contributed by atoms with Gasteiger partial charge in [0.25, 0.3) is 5.56 Å². The molecule has 0 aliphatic rings. The molecule has 5 rings (SSSR count). The van der Waals surface area contributed by atoms with Gasteiger partial charge in [-0.15, -0.1) is 0 Å². The van der Waals surface area contributed by atoms with Gasteiger partial charge >= 0.3 is 0 Å². The number of halogens is 1. The predicted molar refractivity (Wildman–Crippen MR) is 134 cm³/mol. The van der Waals surface area contributed by atoms with Crippen LogP contribution in [0.1, 0.15) is 22.5 Å². The van der Waals surface area contributed by atoms with Crippen molar-refractivity contribution < 1.29 is 4.74 Å². The molecule has 3 heterocycles. The van der Waals surface area contributed by atoms with E-state index < -0.39 is 0 Å². The molecule has 0 fully saturated rings. The maximum Gasteiger partial charge on any atom is 0.267 e. The molecule has 0 atom stereocenters. The summed E-state index contributed by atoms with van der Waals surface area (Å²) < 4.78 is 9.34. The first kappa shape index (κ1) is 21.9. The van der Waals surface area contributed by atoms with Gasteiger partial charge in [0.05, 0.1) is 16.9 Å². The van der Waals surface area contributed by atoms with Crippen LogP contribution in [0.25, 0.3) is 22.6 Å². The Bertz CT molecular complexity index is 1570. The molecular weight excluding hydrogens is 448 g/mol. The van der Waals surface area contributed by atoms with E-state index in [1.54, 1.807) is 12.3 Å². The van der Waals surface area contributed by atoms with Crippen LogP contribution >= 0.6 is 11.6 Å². The Morgan fingerprint density at radius 1 is 0.971 bits per heavy atom. The van der Waals surface area contributed by atoms with E-state index in [0.717, 1.165) is 22.5 Å². The van der Waals surface area contributed by atoms with E-state index in [9.17, 15) is 4.79 Å². The van der Waals surface area contributed by atoms with Crippen LogP contribution in [0.4, 0.5) is 0 Å². The normalized spacial score (nSPS) is 11.2. The summed E-state index contributed by atoms with van der Waals surface area (Å²) in [5, 5.41) is 5.38. The number of hydrogen-bond donors (Lipinski definition) is 0. The molecular formula is C27H23ClN4O2. The van der Waals surface area contributed by atoms with Crippen molar-refractivity contribution in [3.63, 3.8) is 0 Å². The molecule has 0 spiro atoms. The number of hydrogen-bond acceptors (Lipinski definition) is 4. The largest absolute Gasteiger partial charge is 0.485 e. The molecule has 3 aromatic heterocycles. The van der Waals surface area contributed by atoms with Crippen LogP contribution < -0.4 is 10.3 Å². The zero-order valence-corrected chi connectivity index (χ0v) is 19.9. The minimum absolute atomic E-state index is 0.194. The Hall–Kier alpha value is -3.90. The second-order valence-electron chi connectivity index (χ2n) is 8.23. The quantitative estimate of drug-likeness (QED) is 0.330. The van der Waals surface area contributed by atoms with Gasteiger partial charge < -0.3 is 4.74 Å². The molecule has 2 aromatic carbocycles. The molecule has 0 saturated heterocycles. The van der Waals surface area contributed by atoms with E-state index in [2.05, 4.69) is 0 Å². The lowest BCUT2D eigenvalue weighted by Crippen LogP contribution is -2.19. The monoisotopic (exact) mass is 470 g/mol. The summed E-state index contributed by atoms with van der Waals surface area (Å²) in [5.74, 6) is 0.550. The summed E-state index contributed by atoms with van der Waals surface area (Å²) in [4.78, 5) is 18.3. The molecule has 0 amide bonds. The number of ether oxygens (including phenoxy) is 1. The Morgan fingerprint density at radius 3 is 2.56 bits per heavy atom. The van der Waals surface area contributed by atoms with Gasteiger partial charge in [-0.25, -0.2) is 9.67 Å². The van der Waals surface area contributed by atoms with Crippen molar-refractivity contribution in [2.75, 3.05) is 0 Å². The molecule has 34 heavy (non-hydrogen) atoms. The number of rotatable bonds is 5. The van der Waals surface area contributed by atoms with Gasteiger partial charge in [-0.05, 0) is 62.2 Å². The van der Waals surface area contributed by atoms with Gasteiger partial charge in [0.1, 0.15) is 12.3 Å². The van der Waals surface area contributed by atoms with Gasteiger partial charge in [-0.2, -0.15) is 5.10 Å². The molecule has 0 N–H and O–H groups in total. The minimum Gasteiger partial charge on any atom is -0.485 e. The lowest BCUT2D eigenvalue weighted by atomic mass is 10.1. The van der Waals surface area contributed by atoms with Gasteiger partial charge in [-0.1, -0.05) is 48.0 Å². The van der Waals surface area contributed by atoms with E-state index in [-0.39, 0.29) is 5.56 Å². The van der Waals surface area contributed by atoms with E-state index >= 15 is 0 Å². The molecule has 5 aromatic rings. The van der Waals surface area contributed by atoms with E-state index in [1.807, 2.05) is 86.1 Å². The zero-order chi connectivity index (χ0) is 23.8. The van der Waals surface area contributed by atoms with Crippen molar-refractivity contribution in [1.29, 1.82) is 0 Å². The van der Waals surface area contributed by atoms with E-state index in [0.29, 0.717) is 40.0 Å². The molecule has 0 bridgehead atoms. The topological polar surface area (TPSA) is 61.4 Å². The minimum atomic E-state index is -0.194. The summed E-state index contributed by atoms with van der Waals surface area (Å²) in [6.45, 7) is 6.17. The van der Waals surface area contributed by atoms with Crippen LogP contribution in [0, 0.1) is 20.8 Å². The average molecular weight is 471 g/mol. The van der Waals surface area contributed by atoms with Crippen LogP contribution in [-0.4, -0.2) is 19.2 Å². The third-order valence-electron chi connectivity index (χ3n) is 5.78. The highest BCUT2D eigenvalue weighted by atomic mass is 35.5. The molecule has 0 aliphatic heterocycles. The Kier molecular flexibility index (Phi) is 5.67. The molecule has 0 unspecified atom stereocenters. The number of fused-ring (bicyclic) bond motifs is 1. The van der Waals surface area contributed by atoms with Crippen molar-refractivity contribution in [1.82, 2.24) is 19.2 Å². The molecule has 0 aliphatic carbocycles. The molecule has 170 valence electrons. The summed E-state index contributed by atoms with van der Waals surface area (Å²) in [6.07, 6.45) is 1.70. The fourth-order valence-corrected chi connectivity index (χ4v) is 4.20. The summed E-state index contributed by atoms with van der Waals surface area (Å²) in [5.41, 5.74) is 5.74. The average Bonchev–Trinajstić information content (AvgIpc) is 3.20. The number of pyridine rings is 1. The third-order valence-corrected chi connectivity index (χ3v) is 6.01. The van der Waals surface area contributed by atoms with Gasteiger partial charge in [0, 0.05) is 16.9 Å². The van der Waals surface area contributed by atoms with Gasteiger partial charge in [0.15, 0.2) is 11.4 Å². The van der Waals surface area contributed by atoms with Crippen molar-refractivity contribution >= 4 is 17.2 Å². The standard InChI is InChI=1S/C27H23ClN4O2/c1-17-11-12-21(28)15-23(17)32-18(2)14-22(30-32)25-19(3)29-26-24(10-7-13-31(26)27(25)33)34-16-20-8-5-4-6-9-20/h4-15H,16H2,1-3H3. The van der Waals surface area contributed by atoms with Crippen LogP contribution in [0.2, 0.25) is 5.02 Å². The first-order valence-electron chi connectivity index (χ1n) is 10.9. The Labute approximate surface area is 202 Å². The highest BCUT2D eigenvalue weighted by Gasteiger charge is 2.19. The Balaban J connectivity index is 1.58. The SMILES string of the molecule is Cc1ccc(Cl)cc1-n1nc(-c2c(C)nc3c(OCc4ccccc4)cccn3c2=O)cc1C. The van der Waals surface area contributed by atoms with E-state index in [1.165, 1.54) is 4.40 Å². The zero-order valence-electron chi connectivity index (χ0n) is 19.1. The summed E-state index contributed by atoms with van der Waals surface area (Å²) in [7, 11) is 0. The van der Waals surface area contributed by atoms with Crippen molar-refractivity contribution in [2.45, 2.75) is 27.4 Å². The second-order valence-corrected chi connectivity index (χ2v) is 8.67. The number of benzene rings is 2.